The second-order valence-electron chi connectivity index (χ2n) is 5.38. The monoisotopic (exact) mass is 371 g/mol. The van der Waals surface area contributed by atoms with Crippen LogP contribution < -0.4 is 5.32 Å². The van der Waals surface area contributed by atoms with E-state index in [1.165, 1.54) is 0 Å². The van der Waals surface area contributed by atoms with E-state index in [0.717, 1.165) is 20.5 Å². The molecule has 0 unspecified atom stereocenters. The Morgan fingerprint density at radius 2 is 2.00 bits per heavy atom. The van der Waals surface area contributed by atoms with Gasteiger partial charge in [-0.3, -0.25) is 5.32 Å². The first-order valence-corrected chi connectivity index (χ1v) is 7.73. The molecular weight excluding hydrogens is 358 g/mol. The SMILES string of the molecule is CC(C)(C)OC(=O)Nc1c(C(=O)O)sc2cc(Br)ccc12. The molecule has 0 aliphatic rings. The van der Waals surface area contributed by atoms with Gasteiger partial charge in [-0.25, -0.2) is 9.59 Å². The molecule has 0 radical (unpaired) electrons. The summed E-state index contributed by atoms with van der Waals surface area (Å²) in [6.07, 6.45) is -0.674. The number of thiophene rings is 1. The van der Waals surface area contributed by atoms with Crippen molar-refractivity contribution in [3.05, 3.63) is 27.5 Å². The minimum Gasteiger partial charge on any atom is -0.477 e. The number of ether oxygens (including phenoxy) is 1. The first kappa shape index (κ1) is 15.8. The molecule has 5 nitrogen and oxygen atoms in total. The average Bonchev–Trinajstić information content (AvgIpc) is 2.64. The summed E-state index contributed by atoms with van der Waals surface area (Å²) < 4.78 is 6.79. The molecule has 2 rings (SSSR count). The van der Waals surface area contributed by atoms with Crippen LogP contribution in [0.2, 0.25) is 0 Å². The van der Waals surface area contributed by atoms with Gasteiger partial charge >= 0.3 is 12.1 Å². The van der Waals surface area contributed by atoms with Gasteiger partial charge in [-0.2, -0.15) is 0 Å². The van der Waals surface area contributed by atoms with Crippen molar-refractivity contribution in [2.75, 3.05) is 5.32 Å². The van der Waals surface area contributed by atoms with E-state index in [-0.39, 0.29) is 10.6 Å². The van der Waals surface area contributed by atoms with Crippen molar-refractivity contribution >= 4 is 55.1 Å². The highest BCUT2D eigenvalue weighted by Gasteiger charge is 2.22. The zero-order valence-corrected chi connectivity index (χ0v) is 14.1. The Morgan fingerprint density at radius 1 is 1.33 bits per heavy atom. The molecule has 0 aliphatic heterocycles. The van der Waals surface area contributed by atoms with Crippen molar-refractivity contribution in [1.82, 2.24) is 0 Å². The number of carbonyl (C=O) groups excluding carboxylic acids is 1. The predicted molar refractivity (Wildman–Crippen MR) is 86.3 cm³/mol. The van der Waals surface area contributed by atoms with Gasteiger partial charge in [0.1, 0.15) is 10.5 Å². The van der Waals surface area contributed by atoms with Gasteiger partial charge in [-0.15, -0.1) is 11.3 Å². The highest BCUT2D eigenvalue weighted by molar-refractivity contribution is 9.10. The molecule has 21 heavy (non-hydrogen) atoms. The lowest BCUT2D eigenvalue weighted by Gasteiger charge is -2.19. The Morgan fingerprint density at radius 3 is 2.57 bits per heavy atom. The third-order valence-electron chi connectivity index (χ3n) is 2.47. The van der Waals surface area contributed by atoms with Gasteiger partial charge in [0, 0.05) is 14.6 Å². The van der Waals surface area contributed by atoms with Crippen molar-refractivity contribution in [3.8, 4) is 0 Å². The predicted octanol–water partition coefficient (Wildman–Crippen LogP) is 4.71. The lowest BCUT2D eigenvalue weighted by molar-refractivity contribution is 0.0636. The number of halogens is 1. The summed E-state index contributed by atoms with van der Waals surface area (Å²) in [5.74, 6) is -1.08. The van der Waals surface area contributed by atoms with Gasteiger partial charge in [0.2, 0.25) is 0 Å². The first-order chi connectivity index (χ1) is 9.67. The number of fused-ring (bicyclic) bond motifs is 1. The maximum atomic E-state index is 11.9. The molecule has 0 bridgehead atoms. The lowest BCUT2D eigenvalue weighted by Crippen LogP contribution is -2.27. The second kappa shape index (κ2) is 5.65. The summed E-state index contributed by atoms with van der Waals surface area (Å²) in [5, 5.41) is 12.5. The number of benzene rings is 1. The number of hydrogen-bond donors (Lipinski definition) is 2. The standard InChI is InChI=1S/C14H14BrNO4S/c1-14(2,3)20-13(19)16-10-8-5-4-7(15)6-9(8)21-11(10)12(17)18/h4-6H,1-3H3,(H,16,19)(H,17,18). The van der Waals surface area contributed by atoms with E-state index in [2.05, 4.69) is 21.2 Å². The van der Waals surface area contributed by atoms with Crippen molar-refractivity contribution < 1.29 is 19.4 Å². The fourth-order valence-electron chi connectivity index (χ4n) is 1.75. The Bertz CT molecular complexity index is 718. The van der Waals surface area contributed by atoms with Crippen LogP contribution in [0.15, 0.2) is 22.7 Å². The van der Waals surface area contributed by atoms with E-state index in [9.17, 15) is 14.7 Å². The molecule has 2 N–H and O–H groups in total. The maximum Gasteiger partial charge on any atom is 0.412 e. The molecule has 112 valence electrons. The summed E-state index contributed by atoms with van der Waals surface area (Å²) >= 11 is 4.45. The van der Waals surface area contributed by atoms with Gasteiger partial charge < -0.3 is 9.84 Å². The van der Waals surface area contributed by atoms with Crippen molar-refractivity contribution in [3.63, 3.8) is 0 Å². The second-order valence-corrected chi connectivity index (χ2v) is 7.35. The molecule has 0 aliphatic carbocycles. The molecule has 0 spiro atoms. The van der Waals surface area contributed by atoms with E-state index >= 15 is 0 Å². The molecular formula is C14H14BrNO4S. The molecule has 1 aromatic carbocycles. The number of amides is 1. The van der Waals surface area contributed by atoms with E-state index < -0.39 is 17.7 Å². The highest BCUT2D eigenvalue weighted by Crippen LogP contribution is 2.37. The Hall–Kier alpha value is -1.60. The summed E-state index contributed by atoms with van der Waals surface area (Å²) in [7, 11) is 0. The minimum absolute atomic E-state index is 0.0777. The number of hydrogen-bond acceptors (Lipinski definition) is 4. The Labute approximate surface area is 134 Å². The van der Waals surface area contributed by atoms with Crippen LogP contribution in [0.3, 0.4) is 0 Å². The van der Waals surface area contributed by atoms with Gasteiger partial charge in [0.05, 0.1) is 5.69 Å². The zero-order valence-electron chi connectivity index (χ0n) is 11.7. The summed E-state index contributed by atoms with van der Waals surface area (Å²) in [6, 6.07) is 5.36. The van der Waals surface area contributed by atoms with Crippen molar-refractivity contribution in [2.24, 2.45) is 0 Å². The van der Waals surface area contributed by atoms with Crippen LogP contribution >= 0.6 is 27.3 Å². The van der Waals surface area contributed by atoms with E-state index in [1.54, 1.807) is 32.9 Å². The van der Waals surface area contributed by atoms with Crippen LogP contribution in [-0.2, 0) is 4.74 Å². The first-order valence-electron chi connectivity index (χ1n) is 6.13. The number of anilines is 1. The number of carboxylic acids is 1. The Kier molecular flexibility index (Phi) is 4.25. The molecule has 1 aromatic heterocycles. The molecule has 0 atom stereocenters. The van der Waals surface area contributed by atoms with Crippen molar-refractivity contribution in [1.29, 1.82) is 0 Å². The lowest BCUT2D eigenvalue weighted by atomic mass is 10.2. The highest BCUT2D eigenvalue weighted by atomic mass is 79.9. The quantitative estimate of drug-likeness (QED) is 0.801. The van der Waals surface area contributed by atoms with Gasteiger partial charge in [0.25, 0.3) is 0 Å². The third kappa shape index (κ3) is 3.74. The van der Waals surface area contributed by atoms with Crippen LogP contribution in [0, 0.1) is 0 Å². The number of carboxylic acid groups (broad SMARTS) is 1. The van der Waals surface area contributed by atoms with Crippen molar-refractivity contribution in [2.45, 2.75) is 26.4 Å². The normalized spacial score (nSPS) is 11.4. The summed E-state index contributed by atoms with van der Waals surface area (Å²) in [6.45, 7) is 5.23. The Balaban J connectivity index is 2.44. The number of nitrogens with one attached hydrogen (secondary N) is 1. The number of rotatable bonds is 2. The molecule has 0 fully saturated rings. The molecule has 2 aromatic rings. The van der Waals surface area contributed by atoms with Gasteiger partial charge in [-0.1, -0.05) is 22.0 Å². The molecule has 1 heterocycles. The molecule has 0 saturated heterocycles. The smallest absolute Gasteiger partial charge is 0.412 e. The van der Waals surface area contributed by atoms with Crippen LogP contribution in [0.25, 0.3) is 10.1 Å². The van der Waals surface area contributed by atoms with E-state index in [1.807, 2.05) is 6.07 Å². The summed E-state index contributed by atoms with van der Waals surface area (Å²) in [5.41, 5.74) is -0.383. The van der Waals surface area contributed by atoms with Gasteiger partial charge in [-0.05, 0) is 32.9 Å². The molecule has 0 saturated carbocycles. The zero-order chi connectivity index (χ0) is 15.8. The van der Waals surface area contributed by atoms with Crippen LogP contribution in [0.4, 0.5) is 10.5 Å². The largest absolute Gasteiger partial charge is 0.477 e. The number of carbonyl (C=O) groups is 2. The summed E-state index contributed by atoms with van der Waals surface area (Å²) in [4.78, 5) is 23.3. The maximum absolute atomic E-state index is 11.9. The molecule has 1 amide bonds. The van der Waals surface area contributed by atoms with E-state index in [0.29, 0.717) is 5.39 Å². The fraction of sp³-hybridized carbons (Fsp3) is 0.286. The van der Waals surface area contributed by atoms with Crippen LogP contribution in [0.5, 0.6) is 0 Å². The number of aromatic carboxylic acids is 1. The average molecular weight is 372 g/mol. The van der Waals surface area contributed by atoms with Gasteiger partial charge in [0.15, 0.2) is 0 Å². The van der Waals surface area contributed by atoms with E-state index in [4.69, 9.17) is 4.74 Å². The van der Waals surface area contributed by atoms with Crippen LogP contribution in [0.1, 0.15) is 30.4 Å². The fourth-order valence-corrected chi connectivity index (χ4v) is 3.30. The minimum atomic E-state index is -1.08. The third-order valence-corrected chi connectivity index (χ3v) is 4.11. The van der Waals surface area contributed by atoms with Crippen LogP contribution in [-0.4, -0.2) is 22.8 Å². The molecule has 7 heteroatoms. The topological polar surface area (TPSA) is 75.6 Å².